The highest BCUT2D eigenvalue weighted by molar-refractivity contribution is 5.54. The van der Waals surface area contributed by atoms with Crippen LogP contribution in [0.3, 0.4) is 0 Å². The summed E-state index contributed by atoms with van der Waals surface area (Å²) in [7, 11) is 0. The van der Waals surface area contributed by atoms with Gasteiger partial charge in [0.2, 0.25) is 0 Å². The van der Waals surface area contributed by atoms with Crippen LogP contribution in [-0.4, -0.2) is 41.5 Å². The molecule has 4 aliphatic rings. The number of aliphatic hydroxyl groups excluding tert-OH is 1. The van der Waals surface area contributed by atoms with E-state index in [4.69, 9.17) is 19.2 Å². The second-order valence-electron chi connectivity index (χ2n) is 11.7. The SMILES string of the molecule is CC1(C)Cc2nc(C3CCOCC3)c3c(c2[C@@H](O)C1)C1(CCOCC1)O[C@@H]3c1ccc(C(F)(F)F)nc1. The van der Waals surface area contributed by atoms with E-state index in [1.165, 1.54) is 12.3 Å². The predicted octanol–water partition coefficient (Wildman–Crippen LogP) is 5.52. The number of hydrogen-bond donors (Lipinski definition) is 1. The van der Waals surface area contributed by atoms with E-state index >= 15 is 0 Å². The number of aromatic nitrogens is 2. The van der Waals surface area contributed by atoms with Gasteiger partial charge in [-0.05, 0) is 42.7 Å². The van der Waals surface area contributed by atoms with Gasteiger partial charge in [-0.15, -0.1) is 0 Å². The van der Waals surface area contributed by atoms with Crippen LogP contribution in [0.5, 0.6) is 0 Å². The van der Waals surface area contributed by atoms with E-state index in [-0.39, 0.29) is 11.3 Å². The molecule has 9 heteroatoms. The summed E-state index contributed by atoms with van der Waals surface area (Å²) in [6, 6.07) is 2.49. The van der Waals surface area contributed by atoms with Crippen LogP contribution in [0.15, 0.2) is 18.3 Å². The lowest BCUT2D eigenvalue weighted by Crippen LogP contribution is -2.37. The summed E-state index contributed by atoms with van der Waals surface area (Å²) >= 11 is 0. The second kappa shape index (κ2) is 9.00. The fourth-order valence-corrected chi connectivity index (χ4v) is 6.74. The van der Waals surface area contributed by atoms with Gasteiger partial charge < -0.3 is 19.3 Å². The third kappa shape index (κ3) is 4.37. The largest absolute Gasteiger partial charge is 0.433 e. The van der Waals surface area contributed by atoms with Crippen molar-refractivity contribution in [2.75, 3.05) is 26.4 Å². The molecule has 6 rings (SSSR count). The molecule has 2 saturated heterocycles. The molecule has 0 saturated carbocycles. The normalized spacial score (nSPS) is 27.2. The lowest BCUT2D eigenvalue weighted by atomic mass is 9.69. The van der Waals surface area contributed by atoms with Gasteiger partial charge in [0.1, 0.15) is 11.8 Å². The Bertz CT molecular complexity index is 1170. The second-order valence-corrected chi connectivity index (χ2v) is 11.7. The van der Waals surface area contributed by atoms with Gasteiger partial charge in [0.05, 0.1) is 17.4 Å². The molecule has 0 aromatic carbocycles. The topological polar surface area (TPSA) is 73.7 Å². The molecule has 0 amide bonds. The monoisotopic (exact) mass is 518 g/mol. The zero-order valence-corrected chi connectivity index (χ0v) is 21.2. The third-order valence-corrected chi connectivity index (χ3v) is 8.46. The molecule has 200 valence electrons. The minimum absolute atomic E-state index is 0.0976. The lowest BCUT2D eigenvalue weighted by molar-refractivity contribution is -0.141. The summed E-state index contributed by atoms with van der Waals surface area (Å²) in [5.41, 5.74) is 3.48. The van der Waals surface area contributed by atoms with Crippen molar-refractivity contribution in [3.63, 3.8) is 0 Å². The Morgan fingerprint density at radius 2 is 1.70 bits per heavy atom. The fraction of sp³-hybridized carbons (Fsp3) is 0.643. The fourth-order valence-electron chi connectivity index (χ4n) is 6.74. The molecule has 1 N–H and O–H groups in total. The summed E-state index contributed by atoms with van der Waals surface area (Å²) in [4.78, 5) is 8.98. The van der Waals surface area contributed by atoms with Crippen molar-refractivity contribution in [3.8, 4) is 0 Å². The number of fused-ring (bicyclic) bond motifs is 4. The highest BCUT2D eigenvalue weighted by atomic mass is 19.4. The molecule has 1 aliphatic carbocycles. The Morgan fingerprint density at radius 1 is 1.00 bits per heavy atom. The standard InChI is InChI=1S/C28H33F3N2O4/c1-26(2)13-18-21(19(34)14-26)23-22(24(33-18)16-5-9-35-10-6-16)25(37-27(23)7-11-36-12-8-27)17-3-4-20(32-15-17)28(29,30)31/h3-4,15-16,19,25,34H,5-14H2,1-2H3/t19-,25+/m0/s1. The van der Waals surface area contributed by atoms with Gasteiger partial charge in [-0.25, -0.2) is 0 Å². The summed E-state index contributed by atoms with van der Waals surface area (Å²) in [6.45, 7) is 6.61. The zero-order valence-electron chi connectivity index (χ0n) is 21.2. The highest BCUT2D eigenvalue weighted by Gasteiger charge is 2.52. The number of pyridine rings is 2. The van der Waals surface area contributed by atoms with Gasteiger partial charge in [-0.2, -0.15) is 13.2 Å². The average Bonchev–Trinajstić information content (AvgIpc) is 3.17. The maximum atomic E-state index is 13.3. The van der Waals surface area contributed by atoms with Crippen LogP contribution < -0.4 is 0 Å². The Morgan fingerprint density at radius 3 is 2.35 bits per heavy atom. The first kappa shape index (κ1) is 25.2. The minimum Gasteiger partial charge on any atom is -0.388 e. The smallest absolute Gasteiger partial charge is 0.388 e. The predicted molar refractivity (Wildman–Crippen MR) is 128 cm³/mol. The number of aliphatic hydroxyl groups is 1. The van der Waals surface area contributed by atoms with E-state index < -0.39 is 29.7 Å². The van der Waals surface area contributed by atoms with E-state index in [0.717, 1.165) is 53.4 Å². The molecule has 0 unspecified atom stereocenters. The van der Waals surface area contributed by atoms with Crippen molar-refractivity contribution in [2.45, 2.75) is 82.3 Å². The molecule has 0 radical (unpaired) electrons. The maximum absolute atomic E-state index is 13.3. The van der Waals surface area contributed by atoms with Crippen molar-refractivity contribution < 1.29 is 32.5 Å². The Hall–Kier alpha value is -2.07. The van der Waals surface area contributed by atoms with Crippen LogP contribution in [0.25, 0.3) is 0 Å². The number of hydrogen-bond acceptors (Lipinski definition) is 6. The van der Waals surface area contributed by atoms with Crippen LogP contribution in [0.4, 0.5) is 13.2 Å². The Kier molecular flexibility index (Phi) is 6.14. The first-order chi connectivity index (χ1) is 17.6. The van der Waals surface area contributed by atoms with Gasteiger partial charge in [-0.1, -0.05) is 19.9 Å². The zero-order chi connectivity index (χ0) is 26.0. The average molecular weight is 519 g/mol. The van der Waals surface area contributed by atoms with Gasteiger partial charge >= 0.3 is 6.18 Å². The van der Waals surface area contributed by atoms with E-state index in [1.54, 1.807) is 0 Å². The van der Waals surface area contributed by atoms with Gasteiger partial charge in [0.15, 0.2) is 0 Å². The van der Waals surface area contributed by atoms with Crippen LogP contribution in [-0.2, 0) is 32.4 Å². The maximum Gasteiger partial charge on any atom is 0.433 e. The van der Waals surface area contributed by atoms with E-state index in [1.807, 2.05) is 0 Å². The number of ether oxygens (including phenoxy) is 3. The quantitative estimate of drug-likeness (QED) is 0.565. The van der Waals surface area contributed by atoms with Crippen molar-refractivity contribution in [2.24, 2.45) is 5.41 Å². The first-order valence-electron chi connectivity index (χ1n) is 13.2. The van der Waals surface area contributed by atoms with Crippen molar-refractivity contribution >= 4 is 0 Å². The molecule has 2 aromatic rings. The highest BCUT2D eigenvalue weighted by Crippen LogP contribution is 2.58. The van der Waals surface area contributed by atoms with Crippen LogP contribution in [0.2, 0.25) is 0 Å². The molecule has 2 atom stereocenters. The molecule has 0 bridgehead atoms. The Labute approximate surface area is 214 Å². The summed E-state index contributed by atoms with van der Waals surface area (Å²) < 4.78 is 58.0. The van der Waals surface area contributed by atoms with Crippen LogP contribution >= 0.6 is 0 Å². The van der Waals surface area contributed by atoms with E-state index in [9.17, 15) is 18.3 Å². The molecule has 37 heavy (non-hydrogen) atoms. The Balaban J connectivity index is 1.58. The van der Waals surface area contributed by atoms with Crippen LogP contribution in [0, 0.1) is 5.41 Å². The molecular formula is C28H33F3N2O4. The summed E-state index contributed by atoms with van der Waals surface area (Å²) in [6.07, 6.45) is -0.295. The van der Waals surface area contributed by atoms with Crippen molar-refractivity contribution in [1.82, 2.24) is 9.97 Å². The molecule has 6 nitrogen and oxygen atoms in total. The van der Waals surface area contributed by atoms with Crippen molar-refractivity contribution in [1.29, 1.82) is 0 Å². The van der Waals surface area contributed by atoms with Gasteiger partial charge in [0.25, 0.3) is 0 Å². The van der Waals surface area contributed by atoms with Gasteiger partial charge in [0, 0.05) is 73.8 Å². The minimum atomic E-state index is -4.51. The molecular weight excluding hydrogens is 485 g/mol. The summed E-state index contributed by atoms with van der Waals surface area (Å²) in [5, 5.41) is 11.5. The molecule has 2 aromatic heterocycles. The number of alkyl halides is 3. The first-order valence-corrected chi connectivity index (χ1v) is 13.2. The third-order valence-electron chi connectivity index (χ3n) is 8.46. The van der Waals surface area contributed by atoms with Crippen LogP contribution in [0.1, 0.15) is 103 Å². The van der Waals surface area contributed by atoms with Crippen molar-refractivity contribution in [3.05, 3.63) is 57.7 Å². The molecule has 5 heterocycles. The number of halogens is 3. The molecule has 3 aliphatic heterocycles. The van der Waals surface area contributed by atoms with E-state index in [0.29, 0.717) is 51.3 Å². The summed E-state index contributed by atoms with van der Waals surface area (Å²) in [5.74, 6) is 0.151. The molecule has 2 fully saturated rings. The van der Waals surface area contributed by atoms with E-state index in [2.05, 4.69) is 18.8 Å². The van der Waals surface area contributed by atoms with Gasteiger partial charge in [-0.3, -0.25) is 9.97 Å². The number of rotatable bonds is 2. The molecule has 1 spiro atoms. The lowest BCUT2D eigenvalue weighted by Gasteiger charge is -2.40. The number of nitrogens with zero attached hydrogens (tertiary/aromatic N) is 2.